The zero-order chi connectivity index (χ0) is 17.1. The van der Waals surface area contributed by atoms with Crippen molar-refractivity contribution in [2.24, 2.45) is 22.3 Å². The van der Waals surface area contributed by atoms with E-state index < -0.39 is 34.7 Å². The van der Waals surface area contributed by atoms with E-state index in [9.17, 15) is 9.59 Å². The van der Waals surface area contributed by atoms with E-state index >= 15 is 0 Å². The van der Waals surface area contributed by atoms with Crippen LogP contribution < -0.4 is 11.5 Å². The average molecular weight is 304 g/mol. The number of hydrogen-bond acceptors (Lipinski definition) is 5. The van der Waals surface area contributed by atoms with Crippen LogP contribution in [0.5, 0.6) is 0 Å². The van der Waals surface area contributed by atoms with Crippen LogP contribution in [0.25, 0.3) is 0 Å². The molecule has 124 valence electrons. The smallest absolute Gasteiger partial charge is 0.405 e. The summed E-state index contributed by atoms with van der Waals surface area (Å²) in [6.07, 6.45) is -2.82. The maximum atomic E-state index is 11.5. The van der Waals surface area contributed by atoms with Gasteiger partial charge in [0.15, 0.2) is 11.7 Å². The van der Waals surface area contributed by atoms with E-state index in [2.05, 4.69) is 0 Å². The summed E-state index contributed by atoms with van der Waals surface area (Å²) in [5.74, 6) is 0. The van der Waals surface area contributed by atoms with Gasteiger partial charge in [-0.25, -0.2) is 9.59 Å². The molecule has 0 aliphatic rings. The normalized spacial score (nSPS) is 14.4. The molecule has 0 unspecified atom stereocenters. The zero-order valence-corrected chi connectivity index (χ0v) is 14.0. The lowest BCUT2D eigenvalue weighted by molar-refractivity contribution is -0.209. The van der Waals surface area contributed by atoms with Crippen LogP contribution in [0.15, 0.2) is 0 Å². The van der Waals surface area contributed by atoms with Gasteiger partial charge in [0.1, 0.15) is 0 Å². The number of ether oxygens (including phenoxy) is 3. The Labute approximate surface area is 126 Å². The van der Waals surface area contributed by atoms with Crippen LogP contribution in [0.2, 0.25) is 0 Å². The molecule has 2 amide bonds. The first kappa shape index (κ1) is 19.5. The van der Waals surface area contributed by atoms with Crippen molar-refractivity contribution in [3.05, 3.63) is 0 Å². The third-order valence-corrected chi connectivity index (χ3v) is 3.52. The molecule has 0 radical (unpaired) electrons. The lowest BCUT2D eigenvalue weighted by Crippen LogP contribution is -2.66. The SMILES string of the molecule is COC[C@H](OC(N)=O)C(OC(N)=O)(C(C)(C)C)C(C)(C)C. The maximum absolute atomic E-state index is 11.5. The summed E-state index contributed by atoms with van der Waals surface area (Å²) >= 11 is 0. The molecule has 0 aliphatic heterocycles. The Bertz CT molecular complexity index is 368. The van der Waals surface area contributed by atoms with Gasteiger partial charge in [-0.2, -0.15) is 0 Å². The summed E-state index contributed by atoms with van der Waals surface area (Å²) in [5.41, 5.74) is 7.99. The number of primary amides is 2. The molecule has 0 aromatic rings. The predicted octanol–water partition coefficient (Wildman–Crippen LogP) is 2.02. The Balaban J connectivity index is 6.16. The fourth-order valence-electron chi connectivity index (χ4n) is 3.15. The van der Waals surface area contributed by atoms with Crippen LogP contribution in [-0.2, 0) is 14.2 Å². The first-order valence-corrected chi connectivity index (χ1v) is 6.73. The van der Waals surface area contributed by atoms with Gasteiger partial charge < -0.3 is 25.7 Å². The Morgan fingerprint density at radius 3 is 1.62 bits per heavy atom. The molecular weight excluding hydrogens is 276 g/mol. The van der Waals surface area contributed by atoms with Crippen LogP contribution in [0.4, 0.5) is 9.59 Å². The molecule has 7 heteroatoms. The standard InChI is InChI=1S/C14H28N2O5/c1-12(2,3)14(13(4,5)6,21-11(16)18)9(8-19-7)20-10(15)17/h9H,8H2,1-7H3,(H2,15,17)(H2,16,18)/t9-/m0/s1. The highest BCUT2D eigenvalue weighted by Crippen LogP contribution is 2.50. The van der Waals surface area contributed by atoms with Crippen LogP contribution in [0.1, 0.15) is 41.5 Å². The number of carbonyl (C=O) groups excluding carboxylic acids is 2. The largest absolute Gasteiger partial charge is 0.440 e. The average Bonchev–Trinajstić information content (AvgIpc) is 2.20. The number of amides is 2. The molecule has 0 aromatic heterocycles. The highest BCUT2D eigenvalue weighted by molar-refractivity contribution is 5.67. The van der Waals surface area contributed by atoms with Gasteiger partial charge in [0.25, 0.3) is 0 Å². The van der Waals surface area contributed by atoms with Gasteiger partial charge in [-0.05, 0) is 0 Å². The van der Waals surface area contributed by atoms with Crippen molar-refractivity contribution < 1.29 is 23.8 Å². The Kier molecular flexibility index (Phi) is 6.05. The van der Waals surface area contributed by atoms with Crippen molar-refractivity contribution in [3.63, 3.8) is 0 Å². The molecule has 0 saturated carbocycles. The number of nitrogens with two attached hydrogens (primary N) is 2. The molecule has 1 atom stereocenters. The van der Waals surface area contributed by atoms with Gasteiger partial charge >= 0.3 is 12.2 Å². The van der Waals surface area contributed by atoms with Crippen molar-refractivity contribution in [2.75, 3.05) is 13.7 Å². The molecule has 0 rings (SSSR count). The van der Waals surface area contributed by atoms with E-state index in [1.165, 1.54) is 7.11 Å². The van der Waals surface area contributed by atoms with Gasteiger partial charge in [0, 0.05) is 17.9 Å². The summed E-state index contributed by atoms with van der Waals surface area (Å²) in [4.78, 5) is 22.7. The van der Waals surface area contributed by atoms with Gasteiger partial charge in [-0.1, -0.05) is 41.5 Å². The Morgan fingerprint density at radius 2 is 1.38 bits per heavy atom. The minimum absolute atomic E-state index is 0.0186. The van der Waals surface area contributed by atoms with E-state index in [0.717, 1.165) is 0 Å². The van der Waals surface area contributed by atoms with Gasteiger partial charge in [0.2, 0.25) is 0 Å². The molecule has 0 fully saturated rings. The van der Waals surface area contributed by atoms with Crippen LogP contribution in [0, 0.1) is 10.8 Å². The van der Waals surface area contributed by atoms with E-state index in [1.807, 2.05) is 41.5 Å². The van der Waals surface area contributed by atoms with Gasteiger partial charge in [-0.15, -0.1) is 0 Å². The number of methoxy groups -OCH3 is 1. The Hall–Kier alpha value is -1.50. The zero-order valence-electron chi connectivity index (χ0n) is 14.0. The van der Waals surface area contributed by atoms with Crippen molar-refractivity contribution in [3.8, 4) is 0 Å². The summed E-state index contributed by atoms with van der Waals surface area (Å²) in [6, 6.07) is 0. The molecule has 0 aromatic carbocycles. The second kappa shape index (κ2) is 6.51. The molecule has 0 heterocycles. The molecule has 0 bridgehead atoms. The monoisotopic (exact) mass is 304 g/mol. The molecule has 0 spiro atoms. The van der Waals surface area contributed by atoms with Crippen LogP contribution in [0.3, 0.4) is 0 Å². The molecule has 21 heavy (non-hydrogen) atoms. The van der Waals surface area contributed by atoms with E-state index in [4.69, 9.17) is 25.7 Å². The Morgan fingerprint density at radius 1 is 0.952 bits per heavy atom. The lowest BCUT2D eigenvalue weighted by Gasteiger charge is -2.54. The first-order chi connectivity index (χ1) is 9.29. The maximum Gasteiger partial charge on any atom is 0.405 e. The molecule has 0 saturated heterocycles. The lowest BCUT2D eigenvalue weighted by atomic mass is 9.59. The topological polar surface area (TPSA) is 114 Å². The summed E-state index contributed by atoms with van der Waals surface area (Å²) in [6.45, 7) is 11.2. The van der Waals surface area contributed by atoms with E-state index in [1.54, 1.807) is 0 Å². The highest BCUT2D eigenvalue weighted by atomic mass is 16.6. The van der Waals surface area contributed by atoms with E-state index in [0.29, 0.717) is 0 Å². The first-order valence-electron chi connectivity index (χ1n) is 6.73. The summed E-state index contributed by atoms with van der Waals surface area (Å²) in [7, 11) is 1.46. The van der Waals surface area contributed by atoms with Gasteiger partial charge in [-0.3, -0.25) is 0 Å². The molecular formula is C14H28N2O5. The molecule has 4 N–H and O–H groups in total. The third-order valence-electron chi connectivity index (χ3n) is 3.52. The van der Waals surface area contributed by atoms with Crippen LogP contribution >= 0.6 is 0 Å². The van der Waals surface area contributed by atoms with Crippen LogP contribution in [-0.4, -0.2) is 37.6 Å². The summed E-state index contributed by atoms with van der Waals surface area (Å²) < 4.78 is 15.8. The predicted molar refractivity (Wildman–Crippen MR) is 78.6 cm³/mol. The van der Waals surface area contributed by atoms with Crippen molar-refractivity contribution in [2.45, 2.75) is 53.2 Å². The second-order valence-electron chi connectivity index (χ2n) is 7.04. The van der Waals surface area contributed by atoms with Crippen molar-refractivity contribution in [1.29, 1.82) is 0 Å². The highest BCUT2D eigenvalue weighted by Gasteiger charge is 2.60. The number of hydrogen-bond donors (Lipinski definition) is 2. The van der Waals surface area contributed by atoms with Gasteiger partial charge in [0.05, 0.1) is 6.61 Å². The third kappa shape index (κ3) is 4.23. The van der Waals surface area contributed by atoms with Crippen molar-refractivity contribution >= 4 is 12.2 Å². The van der Waals surface area contributed by atoms with Crippen molar-refractivity contribution in [1.82, 2.24) is 0 Å². The fourth-order valence-corrected chi connectivity index (χ4v) is 3.15. The summed E-state index contributed by atoms with van der Waals surface area (Å²) in [5, 5.41) is 0. The van der Waals surface area contributed by atoms with E-state index in [-0.39, 0.29) is 6.61 Å². The minimum atomic E-state index is -1.23. The minimum Gasteiger partial charge on any atom is -0.440 e. The number of rotatable bonds is 5. The fraction of sp³-hybridized carbons (Fsp3) is 0.857. The second-order valence-corrected chi connectivity index (χ2v) is 7.04. The molecule has 7 nitrogen and oxygen atoms in total. The number of carbonyl (C=O) groups is 2. The molecule has 0 aliphatic carbocycles. The quantitative estimate of drug-likeness (QED) is 0.806.